The number of phosphoric ester groups is 1. The van der Waals surface area contributed by atoms with E-state index in [1.807, 2.05) is 21.1 Å². The molecule has 2 atom stereocenters. The summed E-state index contributed by atoms with van der Waals surface area (Å²) in [5, 5.41) is 0. The van der Waals surface area contributed by atoms with Crippen LogP contribution in [0, 0.1) is 0 Å². The Morgan fingerprint density at radius 2 is 0.793 bits per heavy atom. The molecule has 9 heteroatoms. The predicted octanol–water partition coefficient (Wildman–Crippen LogP) is 15.2. The van der Waals surface area contributed by atoms with Crippen LogP contribution in [0.3, 0.4) is 0 Å². The van der Waals surface area contributed by atoms with E-state index < -0.39 is 13.9 Å². The third kappa shape index (κ3) is 46.6. The second kappa shape index (κ2) is 43.2. The molecule has 0 aromatic heterocycles. The summed E-state index contributed by atoms with van der Waals surface area (Å²) < 4.78 is 35.1. The van der Waals surface area contributed by atoms with E-state index in [0.29, 0.717) is 24.1 Å². The van der Waals surface area contributed by atoms with Crippen molar-refractivity contribution in [1.29, 1.82) is 0 Å². The lowest BCUT2D eigenvalue weighted by Crippen LogP contribution is -2.37. The summed E-state index contributed by atoms with van der Waals surface area (Å²) in [6, 6.07) is 0. The van der Waals surface area contributed by atoms with E-state index in [1.165, 1.54) is 199 Å². The van der Waals surface area contributed by atoms with Crippen molar-refractivity contribution in [2.45, 2.75) is 258 Å². The fraction of sp³-hybridized carbons (Fsp3) is 0.980. The van der Waals surface area contributed by atoms with Crippen molar-refractivity contribution >= 4 is 13.8 Å². The molecule has 2 unspecified atom stereocenters. The molecule has 0 bridgehead atoms. The molecule has 0 aliphatic rings. The molecule has 58 heavy (non-hydrogen) atoms. The number of phosphoric acid groups is 1. The van der Waals surface area contributed by atoms with Crippen LogP contribution in [0.5, 0.6) is 0 Å². The topological polar surface area (TPSA) is 91.3 Å². The Morgan fingerprint density at radius 1 is 0.466 bits per heavy atom. The molecule has 1 N–H and O–H groups in total. The number of carbonyl (C=O) groups excluding carboxylic acids is 1. The SMILES string of the molecule is CCCCCCCCCCCCCCCCCCCCCCCCCCOCC(COP(=O)(O)OCC[N+](C)(C)C)OC(=O)CCCCCCCCCCCCCC. The van der Waals surface area contributed by atoms with Crippen LogP contribution < -0.4 is 0 Å². The Morgan fingerprint density at radius 3 is 1.14 bits per heavy atom. The molecule has 8 nitrogen and oxygen atoms in total. The van der Waals surface area contributed by atoms with Crippen LogP contribution in [0.2, 0.25) is 0 Å². The van der Waals surface area contributed by atoms with Gasteiger partial charge < -0.3 is 18.9 Å². The van der Waals surface area contributed by atoms with Gasteiger partial charge >= 0.3 is 13.8 Å². The molecule has 0 radical (unpaired) electrons. The van der Waals surface area contributed by atoms with Crippen LogP contribution in [0.1, 0.15) is 251 Å². The highest BCUT2D eigenvalue weighted by Gasteiger charge is 2.26. The Labute approximate surface area is 361 Å². The summed E-state index contributed by atoms with van der Waals surface area (Å²) in [7, 11) is 1.69. The summed E-state index contributed by atoms with van der Waals surface area (Å²) in [6.45, 7) is 5.69. The number of hydrogen-bond donors (Lipinski definition) is 1. The van der Waals surface area contributed by atoms with Gasteiger partial charge in [0.1, 0.15) is 19.3 Å². The van der Waals surface area contributed by atoms with Crippen molar-refractivity contribution in [3.63, 3.8) is 0 Å². The van der Waals surface area contributed by atoms with E-state index >= 15 is 0 Å². The Kier molecular flexibility index (Phi) is 42.8. The van der Waals surface area contributed by atoms with Gasteiger partial charge in [-0.2, -0.15) is 0 Å². The largest absolute Gasteiger partial charge is 0.472 e. The average molecular weight is 847 g/mol. The van der Waals surface area contributed by atoms with Gasteiger partial charge in [0.15, 0.2) is 0 Å². The van der Waals surface area contributed by atoms with Crippen molar-refractivity contribution in [3.05, 3.63) is 0 Å². The number of quaternary nitrogens is 1. The first-order chi connectivity index (χ1) is 28.1. The lowest BCUT2D eigenvalue weighted by atomic mass is 10.0. The number of esters is 1. The minimum absolute atomic E-state index is 0.0940. The third-order valence-corrected chi connectivity index (χ3v) is 12.4. The van der Waals surface area contributed by atoms with Gasteiger partial charge in [-0.1, -0.05) is 232 Å². The summed E-state index contributed by atoms with van der Waals surface area (Å²) in [5.74, 6) is -0.308. The van der Waals surface area contributed by atoms with Crippen molar-refractivity contribution in [3.8, 4) is 0 Å². The molecule has 0 aliphatic carbocycles. The first kappa shape index (κ1) is 57.5. The van der Waals surface area contributed by atoms with Gasteiger partial charge in [-0.25, -0.2) is 4.57 Å². The number of unbranched alkanes of at least 4 members (excludes halogenated alkanes) is 34. The maximum absolute atomic E-state index is 12.7. The van der Waals surface area contributed by atoms with Gasteiger partial charge in [0.2, 0.25) is 0 Å². The van der Waals surface area contributed by atoms with Gasteiger partial charge in [0.05, 0.1) is 34.4 Å². The molecule has 0 aliphatic heterocycles. The second-order valence-corrected chi connectivity index (χ2v) is 20.0. The van der Waals surface area contributed by atoms with Crippen LogP contribution in [0.15, 0.2) is 0 Å². The van der Waals surface area contributed by atoms with E-state index in [0.717, 1.165) is 32.1 Å². The van der Waals surface area contributed by atoms with Crippen molar-refractivity contribution in [1.82, 2.24) is 0 Å². The number of rotatable bonds is 48. The van der Waals surface area contributed by atoms with Crippen LogP contribution >= 0.6 is 7.82 Å². The zero-order chi connectivity index (χ0) is 42.7. The average Bonchev–Trinajstić information content (AvgIpc) is 3.18. The molecule has 0 heterocycles. The highest BCUT2D eigenvalue weighted by Crippen LogP contribution is 2.43. The highest BCUT2D eigenvalue weighted by molar-refractivity contribution is 7.47. The molecular formula is C49H101NO7P+. The van der Waals surface area contributed by atoms with E-state index in [9.17, 15) is 14.3 Å². The molecule has 0 aromatic carbocycles. The van der Waals surface area contributed by atoms with E-state index in [2.05, 4.69) is 13.8 Å². The normalized spacial score (nSPS) is 13.6. The summed E-state index contributed by atoms with van der Waals surface area (Å²) >= 11 is 0. The lowest BCUT2D eigenvalue weighted by Gasteiger charge is -2.24. The van der Waals surface area contributed by atoms with Gasteiger partial charge in [0, 0.05) is 13.0 Å². The summed E-state index contributed by atoms with van der Waals surface area (Å²) in [5.41, 5.74) is 0. The predicted molar refractivity (Wildman–Crippen MR) is 248 cm³/mol. The highest BCUT2D eigenvalue weighted by atomic mass is 31.2. The van der Waals surface area contributed by atoms with Crippen LogP contribution in [-0.2, 0) is 27.9 Å². The molecular weight excluding hydrogens is 746 g/mol. The fourth-order valence-corrected chi connectivity index (χ4v) is 8.24. The Bertz CT molecular complexity index is 899. The Hall–Kier alpha value is -0.500. The summed E-state index contributed by atoms with van der Waals surface area (Å²) in [4.78, 5) is 22.9. The fourth-order valence-electron chi connectivity index (χ4n) is 7.50. The van der Waals surface area contributed by atoms with Gasteiger partial charge in [-0.15, -0.1) is 0 Å². The van der Waals surface area contributed by atoms with Crippen LogP contribution in [0.4, 0.5) is 0 Å². The zero-order valence-electron chi connectivity index (χ0n) is 39.6. The van der Waals surface area contributed by atoms with E-state index in [-0.39, 0.29) is 25.8 Å². The van der Waals surface area contributed by atoms with Crippen molar-refractivity contribution in [2.24, 2.45) is 0 Å². The molecule has 0 saturated heterocycles. The van der Waals surface area contributed by atoms with Crippen LogP contribution in [-0.4, -0.2) is 75.6 Å². The smallest absolute Gasteiger partial charge is 0.457 e. The second-order valence-electron chi connectivity index (χ2n) is 18.6. The minimum Gasteiger partial charge on any atom is -0.457 e. The van der Waals surface area contributed by atoms with E-state index in [1.54, 1.807) is 0 Å². The minimum atomic E-state index is -4.27. The number of ether oxygens (including phenoxy) is 2. The van der Waals surface area contributed by atoms with Crippen LogP contribution in [0.25, 0.3) is 0 Å². The third-order valence-electron chi connectivity index (χ3n) is 11.4. The van der Waals surface area contributed by atoms with Gasteiger partial charge in [0.25, 0.3) is 0 Å². The Balaban J connectivity index is 4.00. The van der Waals surface area contributed by atoms with E-state index in [4.69, 9.17) is 18.5 Å². The molecule has 0 fully saturated rings. The molecule has 0 spiro atoms. The van der Waals surface area contributed by atoms with Crippen molar-refractivity contribution in [2.75, 3.05) is 54.1 Å². The zero-order valence-corrected chi connectivity index (χ0v) is 40.5. The molecule has 0 amide bonds. The van der Waals surface area contributed by atoms with Gasteiger partial charge in [-0.3, -0.25) is 13.8 Å². The molecule has 348 valence electrons. The molecule has 0 saturated carbocycles. The first-order valence-electron chi connectivity index (χ1n) is 25.3. The number of nitrogens with zero attached hydrogens (tertiary/aromatic N) is 1. The lowest BCUT2D eigenvalue weighted by molar-refractivity contribution is -0.870. The number of carbonyl (C=O) groups is 1. The van der Waals surface area contributed by atoms with Crippen molar-refractivity contribution < 1.29 is 37.3 Å². The number of likely N-dealkylation sites (N-methyl/N-ethyl adjacent to an activating group) is 1. The monoisotopic (exact) mass is 847 g/mol. The summed E-state index contributed by atoms with van der Waals surface area (Å²) in [6.07, 6.45) is 47.2. The molecule has 0 rings (SSSR count). The maximum Gasteiger partial charge on any atom is 0.472 e. The number of hydrogen-bond acceptors (Lipinski definition) is 6. The standard InChI is InChI=1S/C49H100NO7P/c1-6-8-10-12-14-16-18-20-21-22-23-24-25-26-27-28-29-30-31-33-35-37-39-41-44-54-46-48(47-56-58(52,53)55-45-43-50(3,4)5)57-49(51)42-40-38-36-34-32-19-17-15-13-11-9-7-2/h48H,6-47H2,1-5H3/p+1. The first-order valence-corrected chi connectivity index (χ1v) is 26.8. The van der Waals surface area contributed by atoms with Gasteiger partial charge in [-0.05, 0) is 12.8 Å². The maximum atomic E-state index is 12.7. The molecule has 0 aromatic rings. The quantitative estimate of drug-likeness (QED) is 0.0282.